The number of ether oxygens (including phenoxy) is 1. The molecule has 8 nitrogen and oxygen atoms in total. The van der Waals surface area contributed by atoms with Gasteiger partial charge in [-0.2, -0.15) is 10.4 Å². The largest absolute Gasteiger partial charge is 0.486 e. The minimum absolute atomic E-state index is 0.134. The Hall–Kier alpha value is -3.38. The summed E-state index contributed by atoms with van der Waals surface area (Å²) in [5.41, 5.74) is 0.570. The van der Waals surface area contributed by atoms with Crippen LogP contribution in [0.5, 0.6) is 5.75 Å². The van der Waals surface area contributed by atoms with E-state index in [1.807, 2.05) is 11.6 Å². The summed E-state index contributed by atoms with van der Waals surface area (Å²) < 4.78 is 13.8. The van der Waals surface area contributed by atoms with Crippen molar-refractivity contribution in [2.75, 3.05) is 13.1 Å². The highest BCUT2D eigenvalue weighted by Gasteiger charge is 2.29. The maximum absolute atomic E-state index is 12.9. The van der Waals surface area contributed by atoms with E-state index >= 15 is 0 Å². The average Bonchev–Trinajstić information content (AvgIpc) is 3.39. The molecular weight excluding hydrogens is 402 g/mol. The SMILES string of the molecule is Cn1c(C2CCCN(C(=O)c3ccc(COc4ccc(C#N)cc4)o3)C2)n[nH]c1=S. The van der Waals surface area contributed by atoms with E-state index in [1.165, 1.54) is 0 Å². The monoisotopic (exact) mass is 423 g/mol. The van der Waals surface area contributed by atoms with Crippen molar-refractivity contribution in [2.24, 2.45) is 7.05 Å². The fourth-order valence-electron chi connectivity index (χ4n) is 3.60. The Kier molecular flexibility index (Phi) is 5.68. The zero-order chi connectivity index (χ0) is 21.1. The Morgan fingerprint density at radius 2 is 2.17 bits per heavy atom. The average molecular weight is 423 g/mol. The number of nitriles is 1. The molecule has 3 heterocycles. The van der Waals surface area contributed by atoms with Gasteiger partial charge in [0, 0.05) is 26.1 Å². The molecule has 154 valence electrons. The van der Waals surface area contributed by atoms with Crippen molar-refractivity contribution >= 4 is 18.1 Å². The van der Waals surface area contributed by atoms with Crippen LogP contribution in [0, 0.1) is 16.1 Å². The smallest absolute Gasteiger partial charge is 0.289 e. The lowest BCUT2D eigenvalue weighted by molar-refractivity contribution is 0.0667. The fraction of sp³-hybridized carbons (Fsp3) is 0.333. The molecule has 30 heavy (non-hydrogen) atoms. The number of H-pyrrole nitrogens is 1. The summed E-state index contributed by atoms with van der Waals surface area (Å²) in [5, 5.41) is 16.0. The predicted octanol–water partition coefficient (Wildman–Crippen LogP) is 3.54. The van der Waals surface area contributed by atoms with Crippen LogP contribution in [0.25, 0.3) is 0 Å². The molecule has 1 saturated heterocycles. The van der Waals surface area contributed by atoms with Crippen molar-refractivity contribution in [3.8, 4) is 11.8 Å². The van der Waals surface area contributed by atoms with Crippen molar-refractivity contribution in [3.63, 3.8) is 0 Å². The van der Waals surface area contributed by atoms with Crippen molar-refractivity contribution < 1.29 is 13.9 Å². The second kappa shape index (κ2) is 8.55. The van der Waals surface area contributed by atoms with Crippen molar-refractivity contribution in [1.82, 2.24) is 19.7 Å². The summed E-state index contributed by atoms with van der Waals surface area (Å²) in [4.78, 5) is 14.7. The summed E-state index contributed by atoms with van der Waals surface area (Å²) in [6.07, 6.45) is 1.85. The minimum atomic E-state index is -0.138. The molecule has 1 unspecified atom stereocenters. The molecule has 1 aliphatic rings. The molecule has 1 aromatic carbocycles. The van der Waals surface area contributed by atoms with E-state index in [9.17, 15) is 4.79 Å². The van der Waals surface area contributed by atoms with Crippen LogP contribution in [-0.4, -0.2) is 38.7 Å². The number of benzene rings is 1. The first-order chi connectivity index (χ1) is 14.5. The van der Waals surface area contributed by atoms with E-state index in [4.69, 9.17) is 26.6 Å². The van der Waals surface area contributed by atoms with E-state index in [0.717, 1.165) is 18.7 Å². The third-order valence-corrected chi connectivity index (χ3v) is 5.59. The summed E-state index contributed by atoms with van der Waals surface area (Å²) in [7, 11) is 1.88. The molecule has 0 radical (unpaired) electrons. The summed E-state index contributed by atoms with van der Waals surface area (Å²) >= 11 is 5.20. The number of carbonyl (C=O) groups is 1. The van der Waals surface area contributed by atoms with Crippen LogP contribution in [0.3, 0.4) is 0 Å². The number of nitrogens with zero attached hydrogens (tertiary/aromatic N) is 4. The molecule has 1 atom stereocenters. The van der Waals surface area contributed by atoms with Gasteiger partial charge in [0.2, 0.25) is 0 Å². The third-order valence-electron chi connectivity index (χ3n) is 5.23. The number of aromatic nitrogens is 3. The fourth-order valence-corrected chi connectivity index (χ4v) is 3.74. The van der Waals surface area contributed by atoms with E-state index in [1.54, 1.807) is 41.3 Å². The maximum Gasteiger partial charge on any atom is 0.289 e. The van der Waals surface area contributed by atoms with Gasteiger partial charge in [-0.05, 0) is 61.5 Å². The Labute approximate surface area is 178 Å². The van der Waals surface area contributed by atoms with Crippen molar-refractivity contribution in [2.45, 2.75) is 25.4 Å². The summed E-state index contributed by atoms with van der Waals surface area (Å²) in [5.74, 6) is 2.35. The highest BCUT2D eigenvalue weighted by Crippen LogP contribution is 2.27. The van der Waals surface area contributed by atoms with Crippen LogP contribution in [0.15, 0.2) is 40.8 Å². The zero-order valence-electron chi connectivity index (χ0n) is 16.5. The third kappa shape index (κ3) is 4.14. The molecule has 4 rings (SSSR count). The quantitative estimate of drug-likeness (QED) is 0.630. The van der Waals surface area contributed by atoms with Crippen LogP contribution in [0.4, 0.5) is 0 Å². The van der Waals surface area contributed by atoms with Gasteiger partial charge in [0.05, 0.1) is 11.6 Å². The van der Waals surface area contributed by atoms with Gasteiger partial charge in [-0.3, -0.25) is 9.89 Å². The molecule has 0 bridgehead atoms. The van der Waals surface area contributed by atoms with Gasteiger partial charge < -0.3 is 18.6 Å². The van der Waals surface area contributed by atoms with Gasteiger partial charge in [-0.25, -0.2) is 0 Å². The maximum atomic E-state index is 12.9. The van der Waals surface area contributed by atoms with Gasteiger partial charge in [0.1, 0.15) is 23.9 Å². The highest BCUT2D eigenvalue weighted by molar-refractivity contribution is 7.71. The number of amides is 1. The van der Waals surface area contributed by atoms with E-state index in [0.29, 0.717) is 40.7 Å². The highest BCUT2D eigenvalue weighted by atomic mass is 32.1. The Bertz CT molecular complexity index is 1140. The lowest BCUT2D eigenvalue weighted by Crippen LogP contribution is -2.39. The molecule has 2 aromatic heterocycles. The topological polar surface area (TPSA) is 100 Å². The number of piperidine rings is 1. The minimum Gasteiger partial charge on any atom is -0.486 e. The van der Waals surface area contributed by atoms with Crippen LogP contribution >= 0.6 is 12.2 Å². The number of aromatic amines is 1. The van der Waals surface area contributed by atoms with E-state index in [-0.39, 0.29) is 18.4 Å². The van der Waals surface area contributed by atoms with E-state index in [2.05, 4.69) is 16.3 Å². The number of carbonyl (C=O) groups excluding carboxylic acids is 1. The first kappa shape index (κ1) is 19.9. The van der Waals surface area contributed by atoms with Crippen LogP contribution < -0.4 is 4.74 Å². The van der Waals surface area contributed by atoms with E-state index < -0.39 is 0 Å². The van der Waals surface area contributed by atoms with Crippen molar-refractivity contribution in [3.05, 3.63) is 64.1 Å². The molecule has 0 aliphatic carbocycles. The Morgan fingerprint density at radius 1 is 1.37 bits per heavy atom. The molecule has 1 N–H and O–H groups in total. The van der Waals surface area contributed by atoms with Crippen LogP contribution in [0.2, 0.25) is 0 Å². The summed E-state index contributed by atoms with van der Waals surface area (Å²) in [6.45, 7) is 1.46. The molecule has 0 spiro atoms. The number of rotatable bonds is 5. The first-order valence-corrected chi connectivity index (χ1v) is 10.1. The number of nitrogens with one attached hydrogen (secondary N) is 1. The van der Waals surface area contributed by atoms with Gasteiger partial charge in [-0.15, -0.1) is 0 Å². The molecule has 9 heteroatoms. The normalized spacial score (nSPS) is 16.3. The molecular formula is C21H21N5O3S. The lowest BCUT2D eigenvalue weighted by Gasteiger charge is -2.31. The molecule has 0 saturated carbocycles. The first-order valence-electron chi connectivity index (χ1n) is 9.67. The Balaban J connectivity index is 1.38. The van der Waals surface area contributed by atoms with Crippen molar-refractivity contribution in [1.29, 1.82) is 5.26 Å². The Morgan fingerprint density at radius 3 is 2.87 bits per heavy atom. The zero-order valence-corrected chi connectivity index (χ0v) is 17.3. The molecule has 1 amide bonds. The van der Waals surface area contributed by atoms with Gasteiger partial charge in [0.15, 0.2) is 10.5 Å². The van der Waals surface area contributed by atoms with Gasteiger partial charge in [0.25, 0.3) is 5.91 Å². The number of likely N-dealkylation sites (tertiary alicyclic amines) is 1. The summed E-state index contributed by atoms with van der Waals surface area (Å²) in [6, 6.07) is 12.3. The number of hydrogen-bond acceptors (Lipinski definition) is 6. The molecule has 1 aliphatic heterocycles. The molecule has 3 aromatic rings. The second-order valence-corrected chi connectivity index (χ2v) is 7.61. The lowest BCUT2D eigenvalue weighted by atomic mass is 9.97. The standard InChI is InChI=1S/C21H21N5O3S/c1-25-19(23-24-21(25)30)15-3-2-10-26(12-15)20(27)18-9-8-17(29-18)13-28-16-6-4-14(11-22)5-7-16/h4-9,15H,2-3,10,12-13H2,1H3,(H,24,30). The number of hydrogen-bond donors (Lipinski definition) is 1. The van der Waals surface area contributed by atoms with Gasteiger partial charge in [-0.1, -0.05) is 0 Å². The molecule has 1 fully saturated rings. The van der Waals surface area contributed by atoms with Crippen LogP contribution in [0.1, 0.15) is 46.5 Å². The number of furan rings is 1. The van der Waals surface area contributed by atoms with Crippen LogP contribution in [-0.2, 0) is 13.7 Å². The predicted molar refractivity (Wildman–Crippen MR) is 110 cm³/mol. The van der Waals surface area contributed by atoms with Gasteiger partial charge >= 0.3 is 0 Å². The second-order valence-electron chi connectivity index (χ2n) is 7.23.